The standard InChI is InChI=1S/C10H17NO3S/c1-6(10(13)14)7(2)11-9(12)8-3-4-15-5-8/h6-8H,3-5H2,1-2H3,(H,11,12)(H,13,14). The van der Waals surface area contributed by atoms with E-state index in [9.17, 15) is 9.59 Å². The van der Waals surface area contributed by atoms with E-state index in [2.05, 4.69) is 5.32 Å². The van der Waals surface area contributed by atoms with Gasteiger partial charge in [-0.1, -0.05) is 0 Å². The lowest BCUT2D eigenvalue weighted by molar-refractivity contribution is -0.142. The van der Waals surface area contributed by atoms with Crippen LogP contribution in [0.3, 0.4) is 0 Å². The predicted molar refractivity (Wildman–Crippen MR) is 59.8 cm³/mol. The number of hydrogen-bond donors (Lipinski definition) is 2. The van der Waals surface area contributed by atoms with Crippen LogP contribution in [-0.2, 0) is 9.59 Å². The molecule has 2 N–H and O–H groups in total. The van der Waals surface area contributed by atoms with E-state index in [0.29, 0.717) is 0 Å². The molecule has 0 aromatic carbocycles. The molecule has 3 unspecified atom stereocenters. The third kappa shape index (κ3) is 3.41. The van der Waals surface area contributed by atoms with Crippen molar-refractivity contribution in [2.24, 2.45) is 11.8 Å². The predicted octanol–water partition coefficient (Wildman–Crippen LogP) is 0.965. The fourth-order valence-electron chi connectivity index (χ4n) is 1.42. The first-order chi connectivity index (χ1) is 7.02. The molecule has 1 fully saturated rings. The molecule has 3 atom stereocenters. The smallest absolute Gasteiger partial charge is 0.308 e. The highest BCUT2D eigenvalue weighted by Crippen LogP contribution is 2.23. The molecule has 0 bridgehead atoms. The van der Waals surface area contributed by atoms with E-state index in [1.807, 2.05) is 0 Å². The van der Waals surface area contributed by atoms with Gasteiger partial charge in [-0.15, -0.1) is 0 Å². The van der Waals surface area contributed by atoms with E-state index in [-0.39, 0.29) is 17.9 Å². The number of nitrogens with one attached hydrogen (secondary N) is 1. The Bertz CT molecular complexity index is 251. The second kappa shape index (κ2) is 5.39. The zero-order valence-electron chi connectivity index (χ0n) is 9.03. The molecule has 1 rings (SSSR count). The number of rotatable bonds is 4. The van der Waals surface area contributed by atoms with Crippen molar-refractivity contribution in [2.75, 3.05) is 11.5 Å². The van der Waals surface area contributed by atoms with Gasteiger partial charge >= 0.3 is 5.97 Å². The number of carbonyl (C=O) groups excluding carboxylic acids is 1. The molecular weight excluding hydrogens is 214 g/mol. The molecule has 5 heteroatoms. The molecule has 86 valence electrons. The Morgan fingerprint density at radius 3 is 2.60 bits per heavy atom. The van der Waals surface area contributed by atoms with Crippen molar-refractivity contribution < 1.29 is 14.7 Å². The minimum atomic E-state index is -0.872. The summed E-state index contributed by atoms with van der Waals surface area (Å²) in [6, 6.07) is -0.305. The fourth-order valence-corrected chi connectivity index (χ4v) is 2.64. The average molecular weight is 231 g/mol. The summed E-state index contributed by atoms with van der Waals surface area (Å²) in [7, 11) is 0. The fraction of sp³-hybridized carbons (Fsp3) is 0.800. The van der Waals surface area contributed by atoms with Gasteiger partial charge in [-0.2, -0.15) is 11.8 Å². The van der Waals surface area contributed by atoms with Crippen LogP contribution < -0.4 is 5.32 Å². The molecule has 0 spiro atoms. The lowest BCUT2D eigenvalue weighted by Gasteiger charge is -2.19. The second-order valence-corrected chi connectivity index (χ2v) is 5.13. The maximum absolute atomic E-state index is 11.7. The number of amides is 1. The Hall–Kier alpha value is -0.710. The highest BCUT2D eigenvalue weighted by atomic mass is 32.2. The third-order valence-corrected chi connectivity index (χ3v) is 3.97. The van der Waals surface area contributed by atoms with Crippen molar-refractivity contribution in [3.8, 4) is 0 Å². The van der Waals surface area contributed by atoms with Crippen LogP contribution in [0.5, 0.6) is 0 Å². The van der Waals surface area contributed by atoms with Crippen LogP contribution in [-0.4, -0.2) is 34.5 Å². The normalized spacial score (nSPS) is 24.5. The molecule has 1 saturated heterocycles. The third-order valence-electron chi connectivity index (χ3n) is 2.81. The van der Waals surface area contributed by atoms with Crippen molar-refractivity contribution in [1.82, 2.24) is 5.32 Å². The van der Waals surface area contributed by atoms with Gasteiger partial charge in [0.1, 0.15) is 0 Å². The van der Waals surface area contributed by atoms with Gasteiger partial charge in [0.25, 0.3) is 0 Å². The summed E-state index contributed by atoms with van der Waals surface area (Å²) in [5.74, 6) is 0.548. The average Bonchev–Trinajstić information content (AvgIpc) is 2.68. The quantitative estimate of drug-likeness (QED) is 0.756. The molecular formula is C10H17NO3S. The molecule has 0 aromatic heterocycles. The molecule has 4 nitrogen and oxygen atoms in total. The zero-order valence-corrected chi connectivity index (χ0v) is 9.84. The van der Waals surface area contributed by atoms with Gasteiger partial charge in [0.2, 0.25) is 5.91 Å². The van der Waals surface area contributed by atoms with Gasteiger partial charge in [0.05, 0.1) is 5.92 Å². The van der Waals surface area contributed by atoms with E-state index >= 15 is 0 Å². The Kier molecular flexibility index (Phi) is 4.45. The molecule has 1 heterocycles. The summed E-state index contributed by atoms with van der Waals surface area (Å²) in [4.78, 5) is 22.4. The molecule has 0 aromatic rings. The van der Waals surface area contributed by atoms with Crippen LogP contribution in [0.4, 0.5) is 0 Å². The Morgan fingerprint density at radius 1 is 1.47 bits per heavy atom. The first-order valence-corrected chi connectivity index (χ1v) is 6.28. The van der Waals surface area contributed by atoms with E-state index in [4.69, 9.17) is 5.11 Å². The molecule has 0 radical (unpaired) electrons. The summed E-state index contributed by atoms with van der Waals surface area (Å²) >= 11 is 1.78. The number of carboxylic acid groups (broad SMARTS) is 1. The first kappa shape index (κ1) is 12.4. The summed E-state index contributed by atoms with van der Waals surface area (Å²) in [5, 5.41) is 11.5. The first-order valence-electron chi connectivity index (χ1n) is 5.13. The van der Waals surface area contributed by atoms with Gasteiger partial charge < -0.3 is 10.4 Å². The molecule has 1 aliphatic heterocycles. The summed E-state index contributed by atoms with van der Waals surface area (Å²) in [6.45, 7) is 3.34. The van der Waals surface area contributed by atoms with Gasteiger partial charge in [0.15, 0.2) is 0 Å². The number of carboxylic acids is 1. The Morgan fingerprint density at radius 2 is 2.13 bits per heavy atom. The van der Waals surface area contributed by atoms with E-state index < -0.39 is 11.9 Å². The van der Waals surface area contributed by atoms with Gasteiger partial charge in [-0.25, -0.2) is 0 Å². The van der Waals surface area contributed by atoms with Crippen LogP contribution in [0.15, 0.2) is 0 Å². The lowest BCUT2D eigenvalue weighted by atomic mass is 10.0. The van der Waals surface area contributed by atoms with Gasteiger partial charge in [-0.3, -0.25) is 9.59 Å². The van der Waals surface area contributed by atoms with E-state index in [0.717, 1.165) is 17.9 Å². The van der Waals surface area contributed by atoms with Gasteiger partial charge in [-0.05, 0) is 26.0 Å². The van der Waals surface area contributed by atoms with Gasteiger partial charge in [0, 0.05) is 17.7 Å². The maximum atomic E-state index is 11.7. The van der Waals surface area contributed by atoms with Crippen LogP contribution in [0.25, 0.3) is 0 Å². The number of hydrogen-bond acceptors (Lipinski definition) is 3. The maximum Gasteiger partial charge on any atom is 0.308 e. The summed E-state index contributed by atoms with van der Waals surface area (Å²) in [5.41, 5.74) is 0. The Balaban J connectivity index is 2.39. The number of thioether (sulfide) groups is 1. The highest BCUT2D eigenvalue weighted by molar-refractivity contribution is 7.99. The molecule has 15 heavy (non-hydrogen) atoms. The summed E-state index contributed by atoms with van der Waals surface area (Å²) < 4.78 is 0. The molecule has 0 saturated carbocycles. The van der Waals surface area contributed by atoms with Crippen molar-refractivity contribution in [3.05, 3.63) is 0 Å². The van der Waals surface area contributed by atoms with Crippen molar-refractivity contribution in [2.45, 2.75) is 26.3 Å². The number of aliphatic carboxylic acids is 1. The van der Waals surface area contributed by atoms with Crippen LogP contribution >= 0.6 is 11.8 Å². The lowest BCUT2D eigenvalue weighted by Crippen LogP contribution is -2.42. The zero-order chi connectivity index (χ0) is 11.4. The summed E-state index contributed by atoms with van der Waals surface area (Å²) in [6.07, 6.45) is 0.907. The minimum absolute atomic E-state index is 0.000556. The van der Waals surface area contributed by atoms with Crippen molar-refractivity contribution in [3.63, 3.8) is 0 Å². The Labute approximate surface area is 93.8 Å². The highest BCUT2D eigenvalue weighted by Gasteiger charge is 2.27. The monoisotopic (exact) mass is 231 g/mol. The van der Waals surface area contributed by atoms with Crippen LogP contribution in [0.2, 0.25) is 0 Å². The topological polar surface area (TPSA) is 66.4 Å². The SMILES string of the molecule is CC(NC(=O)C1CCSC1)C(C)C(=O)O. The minimum Gasteiger partial charge on any atom is -0.481 e. The van der Waals surface area contributed by atoms with Crippen molar-refractivity contribution in [1.29, 1.82) is 0 Å². The molecule has 1 amide bonds. The number of carbonyl (C=O) groups is 2. The van der Waals surface area contributed by atoms with E-state index in [1.165, 1.54) is 0 Å². The van der Waals surface area contributed by atoms with E-state index in [1.54, 1.807) is 25.6 Å². The second-order valence-electron chi connectivity index (χ2n) is 3.98. The van der Waals surface area contributed by atoms with Crippen molar-refractivity contribution >= 4 is 23.6 Å². The van der Waals surface area contributed by atoms with Crippen LogP contribution in [0.1, 0.15) is 20.3 Å². The molecule has 1 aliphatic rings. The molecule has 0 aliphatic carbocycles. The largest absolute Gasteiger partial charge is 0.481 e. The van der Waals surface area contributed by atoms with Crippen LogP contribution in [0, 0.1) is 11.8 Å².